The molecule has 0 radical (unpaired) electrons. The van der Waals surface area contributed by atoms with E-state index in [0.29, 0.717) is 19.1 Å². The Morgan fingerprint density at radius 1 is 1.67 bits per heavy atom. The van der Waals surface area contributed by atoms with Gasteiger partial charge >= 0.3 is 0 Å². The van der Waals surface area contributed by atoms with Crippen LogP contribution in [0.2, 0.25) is 0 Å². The average Bonchev–Trinajstić information content (AvgIpc) is 2.22. The zero-order valence-electron chi connectivity index (χ0n) is 3.35. The molecule has 0 aromatic heterocycles. The van der Waals surface area contributed by atoms with Crippen molar-refractivity contribution in [1.82, 2.24) is 0 Å². The molecule has 2 nitrogen and oxygen atoms in total. The first-order valence-electron chi connectivity index (χ1n) is 1.96. The minimum atomic E-state index is -0.889. The second kappa shape index (κ2) is 0.819. The van der Waals surface area contributed by atoms with E-state index in [2.05, 4.69) is 0 Å². The Bertz CT molecular complexity index is 73.6. The van der Waals surface area contributed by atoms with E-state index in [1.807, 2.05) is 0 Å². The Morgan fingerprint density at radius 3 is 2.17 bits per heavy atom. The van der Waals surface area contributed by atoms with E-state index in [-0.39, 0.29) is 0 Å². The Morgan fingerprint density at radius 2 is 2.17 bits per heavy atom. The van der Waals surface area contributed by atoms with Crippen molar-refractivity contribution in [2.24, 2.45) is 0 Å². The van der Waals surface area contributed by atoms with Gasteiger partial charge in [-0.05, 0) is 12.8 Å². The van der Waals surface area contributed by atoms with E-state index >= 15 is 0 Å². The first-order valence-corrected chi connectivity index (χ1v) is 1.96. The Labute approximate surface area is 35.8 Å². The van der Waals surface area contributed by atoms with Gasteiger partial charge in [-0.3, -0.25) is 0 Å². The van der Waals surface area contributed by atoms with Crippen LogP contribution in [0.3, 0.4) is 0 Å². The van der Waals surface area contributed by atoms with Gasteiger partial charge in [-0.25, -0.2) is 0 Å². The summed E-state index contributed by atoms with van der Waals surface area (Å²) in [4.78, 5) is 9.64. The van der Waals surface area contributed by atoms with Gasteiger partial charge in [-0.2, -0.15) is 0 Å². The third-order valence-corrected chi connectivity index (χ3v) is 0.982. The van der Waals surface area contributed by atoms with Crippen LogP contribution in [-0.4, -0.2) is 17.0 Å². The minimum Gasteiger partial charge on any atom is -0.382 e. The molecule has 0 atom stereocenters. The summed E-state index contributed by atoms with van der Waals surface area (Å²) in [6.45, 7) is 0. The number of carbonyl (C=O) groups excluding carboxylic acids is 1. The fraction of sp³-hybridized carbons (Fsp3) is 0.750. The average molecular weight is 86.1 g/mol. The molecule has 0 spiro atoms. The van der Waals surface area contributed by atoms with Crippen molar-refractivity contribution in [1.29, 1.82) is 0 Å². The van der Waals surface area contributed by atoms with Gasteiger partial charge in [0.2, 0.25) is 0 Å². The van der Waals surface area contributed by atoms with Crippen LogP contribution in [0.1, 0.15) is 12.8 Å². The lowest BCUT2D eigenvalue weighted by Gasteiger charge is -1.85. The van der Waals surface area contributed by atoms with E-state index in [0.717, 1.165) is 0 Å². The number of hydrogen-bond donors (Lipinski definition) is 1. The summed E-state index contributed by atoms with van der Waals surface area (Å²) in [7, 11) is 0. The Kier molecular flexibility index (Phi) is 0.520. The van der Waals surface area contributed by atoms with Gasteiger partial charge < -0.3 is 9.90 Å². The predicted molar refractivity (Wildman–Crippen MR) is 20.2 cm³/mol. The van der Waals surface area contributed by atoms with Crippen molar-refractivity contribution in [3.8, 4) is 0 Å². The van der Waals surface area contributed by atoms with Crippen LogP contribution >= 0.6 is 0 Å². The maximum Gasteiger partial charge on any atom is 0.151 e. The summed E-state index contributed by atoms with van der Waals surface area (Å²) in [6.07, 6.45) is 1.93. The van der Waals surface area contributed by atoms with Crippen LogP contribution < -0.4 is 0 Å². The van der Waals surface area contributed by atoms with Gasteiger partial charge in [0.15, 0.2) is 6.29 Å². The zero-order chi connectivity index (χ0) is 4.62. The van der Waals surface area contributed by atoms with Crippen LogP contribution in [0, 0.1) is 0 Å². The van der Waals surface area contributed by atoms with Gasteiger partial charge in [0.1, 0.15) is 5.60 Å². The molecular formula is C4H6O2. The molecular weight excluding hydrogens is 80.0 g/mol. The molecule has 0 heterocycles. The van der Waals surface area contributed by atoms with E-state index < -0.39 is 5.60 Å². The highest BCUT2D eigenvalue weighted by Gasteiger charge is 2.39. The van der Waals surface area contributed by atoms with Crippen molar-refractivity contribution >= 4 is 6.29 Å². The predicted octanol–water partition coefficient (Wildman–Crippen LogP) is -0.290. The van der Waals surface area contributed by atoms with E-state index in [1.165, 1.54) is 0 Å². The van der Waals surface area contributed by atoms with Crippen LogP contribution in [0.4, 0.5) is 0 Å². The van der Waals surface area contributed by atoms with Crippen molar-refractivity contribution in [2.45, 2.75) is 18.4 Å². The molecule has 0 amide bonds. The summed E-state index contributed by atoms with van der Waals surface area (Å²) in [5.74, 6) is 0. The number of aliphatic hydroxyl groups is 1. The van der Waals surface area contributed by atoms with E-state index in [1.54, 1.807) is 0 Å². The molecule has 2 heteroatoms. The molecule has 1 N–H and O–H groups in total. The summed E-state index contributed by atoms with van der Waals surface area (Å²) in [6, 6.07) is 0. The molecule has 34 valence electrons. The monoisotopic (exact) mass is 86.0 g/mol. The summed E-state index contributed by atoms with van der Waals surface area (Å²) in [5.41, 5.74) is -0.889. The second-order valence-electron chi connectivity index (χ2n) is 1.72. The summed E-state index contributed by atoms with van der Waals surface area (Å²) >= 11 is 0. The SMILES string of the molecule is O=CC1(O)CC1. The molecule has 0 aliphatic heterocycles. The molecule has 1 aliphatic carbocycles. The van der Waals surface area contributed by atoms with Crippen molar-refractivity contribution in [3.05, 3.63) is 0 Å². The third-order valence-electron chi connectivity index (χ3n) is 0.982. The summed E-state index contributed by atoms with van der Waals surface area (Å²) in [5, 5.41) is 8.57. The molecule has 0 bridgehead atoms. The van der Waals surface area contributed by atoms with E-state index in [9.17, 15) is 4.79 Å². The first-order chi connectivity index (χ1) is 2.77. The molecule has 0 aromatic rings. The highest BCUT2D eigenvalue weighted by Crippen LogP contribution is 2.31. The fourth-order valence-corrected chi connectivity index (χ4v) is 0.246. The van der Waals surface area contributed by atoms with Crippen molar-refractivity contribution in [2.75, 3.05) is 0 Å². The van der Waals surface area contributed by atoms with Gasteiger partial charge in [0.05, 0.1) is 0 Å². The summed E-state index contributed by atoms with van der Waals surface area (Å²) < 4.78 is 0. The van der Waals surface area contributed by atoms with Gasteiger partial charge in [0, 0.05) is 0 Å². The minimum absolute atomic E-state index is 0.604. The molecule has 0 unspecified atom stereocenters. The smallest absolute Gasteiger partial charge is 0.151 e. The molecule has 1 fully saturated rings. The van der Waals surface area contributed by atoms with Gasteiger partial charge in [-0.15, -0.1) is 0 Å². The van der Waals surface area contributed by atoms with Gasteiger partial charge in [0.25, 0.3) is 0 Å². The van der Waals surface area contributed by atoms with Crippen LogP contribution in [0.15, 0.2) is 0 Å². The van der Waals surface area contributed by atoms with Crippen molar-refractivity contribution in [3.63, 3.8) is 0 Å². The topological polar surface area (TPSA) is 37.3 Å². The lowest BCUT2D eigenvalue weighted by molar-refractivity contribution is -0.116. The van der Waals surface area contributed by atoms with Crippen LogP contribution in [0.25, 0.3) is 0 Å². The number of aldehydes is 1. The largest absolute Gasteiger partial charge is 0.382 e. The molecule has 0 saturated heterocycles. The quantitative estimate of drug-likeness (QED) is 0.445. The third kappa shape index (κ3) is 0.431. The second-order valence-corrected chi connectivity index (χ2v) is 1.72. The standard InChI is InChI=1S/C4H6O2/c5-3-4(6)1-2-4/h3,6H,1-2H2. The van der Waals surface area contributed by atoms with E-state index in [4.69, 9.17) is 5.11 Å². The lowest BCUT2D eigenvalue weighted by Crippen LogP contribution is -2.05. The highest BCUT2D eigenvalue weighted by molar-refractivity contribution is 5.66. The highest BCUT2D eigenvalue weighted by atomic mass is 16.3. The van der Waals surface area contributed by atoms with Crippen molar-refractivity contribution < 1.29 is 9.90 Å². The molecule has 1 saturated carbocycles. The van der Waals surface area contributed by atoms with Crippen LogP contribution in [-0.2, 0) is 4.79 Å². The molecule has 1 aliphatic rings. The maximum atomic E-state index is 9.64. The normalized spacial score (nSPS) is 26.2. The maximum absolute atomic E-state index is 9.64. The fourth-order valence-electron chi connectivity index (χ4n) is 0.246. The zero-order valence-corrected chi connectivity index (χ0v) is 3.35. The van der Waals surface area contributed by atoms with Crippen LogP contribution in [0.5, 0.6) is 0 Å². The first kappa shape index (κ1) is 3.81. The molecule has 1 rings (SSSR count). The number of carbonyl (C=O) groups is 1. The Hall–Kier alpha value is -0.370. The number of hydrogen-bond acceptors (Lipinski definition) is 2. The lowest BCUT2D eigenvalue weighted by atomic mass is 10.4. The van der Waals surface area contributed by atoms with Gasteiger partial charge in [-0.1, -0.05) is 0 Å². The number of rotatable bonds is 1. The molecule has 0 aromatic carbocycles. The Balaban J connectivity index is 2.47. The molecule has 6 heavy (non-hydrogen) atoms.